The lowest BCUT2D eigenvalue weighted by atomic mass is 10.1. The van der Waals surface area contributed by atoms with Crippen molar-refractivity contribution in [2.45, 2.75) is 43.8 Å². The van der Waals surface area contributed by atoms with Crippen molar-refractivity contribution < 1.29 is 17.9 Å². The van der Waals surface area contributed by atoms with Gasteiger partial charge in [0.2, 0.25) is 15.9 Å². The van der Waals surface area contributed by atoms with Crippen molar-refractivity contribution in [1.82, 2.24) is 9.21 Å². The highest BCUT2D eigenvalue weighted by molar-refractivity contribution is 7.89. The molecule has 1 aliphatic heterocycles. The van der Waals surface area contributed by atoms with Gasteiger partial charge in [-0.25, -0.2) is 8.42 Å². The zero-order valence-corrected chi connectivity index (χ0v) is 16.2. The maximum atomic E-state index is 12.7. The van der Waals surface area contributed by atoms with Gasteiger partial charge in [-0.05, 0) is 30.9 Å². The smallest absolute Gasteiger partial charge is 0.222 e. The van der Waals surface area contributed by atoms with Crippen LogP contribution in [0.15, 0.2) is 24.3 Å². The van der Waals surface area contributed by atoms with Gasteiger partial charge >= 0.3 is 0 Å². The van der Waals surface area contributed by atoms with Crippen molar-refractivity contribution in [2.24, 2.45) is 0 Å². The van der Waals surface area contributed by atoms with Gasteiger partial charge in [0.05, 0.1) is 12.4 Å². The third-order valence-corrected chi connectivity index (χ3v) is 7.87. The molecular formula is C19H28N2O4S. The molecule has 1 saturated heterocycles. The normalized spacial score (nSPS) is 19.7. The Hall–Kier alpha value is -1.60. The van der Waals surface area contributed by atoms with E-state index in [0.29, 0.717) is 39.0 Å². The van der Waals surface area contributed by atoms with Gasteiger partial charge in [-0.2, -0.15) is 4.31 Å². The average molecular weight is 381 g/mol. The molecule has 26 heavy (non-hydrogen) atoms. The van der Waals surface area contributed by atoms with Gasteiger partial charge in [0, 0.05) is 32.6 Å². The van der Waals surface area contributed by atoms with Crippen LogP contribution in [0.25, 0.3) is 0 Å². The largest absolute Gasteiger partial charge is 0.496 e. The quantitative estimate of drug-likeness (QED) is 0.757. The predicted molar refractivity (Wildman–Crippen MR) is 101 cm³/mol. The Balaban J connectivity index is 1.50. The molecule has 1 aliphatic carbocycles. The summed E-state index contributed by atoms with van der Waals surface area (Å²) in [5.74, 6) is 0.876. The van der Waals surface area contributed by atoms with Crippen LogP contribution in [0.4, 0.5) is 0 Å². The minimum atomic E-state index is -3.20. The lowest BCUT2D eigenvalue weighted by Crippen LogP contribution is -2.52. The summed E-state index contributed by atoms with van der Waals surface area (Å²) in [6.07, 6.45) is 4.61. The van der Waals surface area contributed by atoms with Crippen molar-refractivity contribution in [2.75, 3.05) is 33.3 Å². The molecule has 0 radical (unpaired) electrons. The summed E-state index contributed by atoms with van der Waals surface area (Å²) < 4.78 is 32.2. The van der Waals surface area contributed by atoms with E-state index in [2.05, 4.69) is 0 Å². The van der Waals surface area contributed by atoms with Crippen LogP contribution in [0, 0.1) is 0 Å². The van der Waals surface area contributed by atoms with Gasteiger partial charge in [0.15, 0.2) is 0 Å². The Kier molecular flexibility index (Phi) is 6.19. The Morgan fingerprint density at radius 1 is 1.12 bits per heavy atom. The van der Waals surface area contributed by atoms with Gasteiger partial charge in [0.1, 0.15) is 5.75 Å². The molecule has 7 heteroatoms. The number of carbonyl (C=O) groups excluding carboxylic acids is 1. The number of carbonyl (C=O) groups is 1. The summed E-state index contributed by atoms with van der Waals surface area (Å²) in [5.41, 5.74) is 1.02. The van der Waals surface area contributed by atoms with Crippen molar-refractivity contribution in [3.05, 3.63) is 29.8 Å². The standard InChI is InChI=1S/C19H28N2O4S/c1-25-18-9-5-2-6-16(18)10-11-19(22)20-12-14-21(15-13-20)26(23,24)17-7-3-4-8-17/h2,5-6,9,17H,3-4,7-8,10-15H2,1H3. The maximum absolute atomic E-state index is 12.7. The van der Waals surface area contributed by atoms with E-state index in [0.717, 1.165) is 37.0 Å². The van der Waals surface area contributed by atoms with Crippen molar-refractivity contribution in [3.8, 4) is 5.75 Å². The van der Waals surface area contributed by atoms with Crippen molar-refractivity contribution in [1.29, 1.82) is 0 Å². The van der Waals surface area contributed by atoms with E-state index in [9.17, 15) is 13.2 Å². The number of hydrogen-bond acceptors (Lipinski definition) is 4. The minimum absolute atomic E-state index is 0.0776. The number of amides is 1. The van der Waals surface area contributed by atoms with Crippen LogP contribution >= 0.6 is 0 Å². The molecule has 1 saturated carbocycles. The summed E-state index contributed by atoms with van der Waals surface area (Å²) in [5, 5.41) is -0.213. The van der Waals surface area contributed by atoms with Crippen LogP contribution in [-0.4, -0.2) is 62.1 Å². The van der Waals surface area contributed by atoms with Crippen LogP contribution in [-0.2, 0) is 21.2 Å². The zero-order chi connectivity index (χ0) is 18.6. The molecule has 0 unspecified atom stereocenters. The fourth-order valence-corrected chi connectivity index (χ4v) is 5.92. The zero-order valence-electron chi connectivity index (χ0n) is 15.4. The number of para-hydroxylation sites is 1. The molecule has 1 aromatic carbocycles. The molecule has 144 valence electrons. The summed E-state index contributed by atoms with van der Waals surface area (Å²) in [6.45, 7) is 1.80. The molecule has 0 aromatic heterocycles. The Bertz CT molecular complexity index is 721. The third kappa shape index (κ3) is 4.20. The Morgan fingerprint density at radius 3 is 2.42 bits per heavy atom. The average Bonchev–Trinajstić information content (AvgIpc) is 3.22. The minimum Gasteiger partial charge on any atom is -0.496 e. The Morgan fingerprint density at radius 2 is 1.77 bits per heavy atom. The van der Waals surface area contributed by atoms with Crippen molar-refractivity contribution >= 4 is 15.9 Å². The highest BCUT2D eigenvalue weighted by Crippen LogP contribution is 2.27. The highest BCUT2D eigenvalue weighted by Gasteiger charge is 2.36. The second-order valence-corrected chi connectivity index (χ2v) is 9.26. The van der Waals surface area contributed by atoms with Crippen LogP contribution in [0.2, 0.25) is 0 Å². The van der Waals surface area contributed by atoms with Crippen LogP contribution in [0.1, 0.15) is 37.7 Å². The fraction of sp³-hybridized carbons (Fsp3) is 0.632. The predicted octanol–water partition coefficient (Wildman–Crippen LogP) is 2.04. The van der Waals surface area contributed by atoms with Gasteiger partial charge in [0.25, 0.3) is 0 Å². The molecule has 1 heterocycles. The van der Waals surface area contributed by atoms with Gasteiger partial charge < -0.3 is 9.64 Å². The summed E-state index contributed by atoms with van der Waals surface area (Å²) >= 11 is 0. The topological polar surface area (TPSA) is 66.9 Å². The van der Waals surface area contributed by atoms with Crippen LogP contribution in [0.5, 0.6) is 5.75 Å². The first kappa shape index (κ1) is 19.2. The molecule has 2 fully saturated rings. The molecule has 0 spiro atoms. The molecule has 6 nitrogen and oxygen atoms in total. The molecule has 2 aliphatic rings. The number of benzene rings is 1. The van der Waals surface area contributed by atoms with E-state index in [1.54, 1.807) is 16.3 Å². The molecule has 0 bridgehead atoms. The van der Waals surface area contributed by atoms with Crippen LogP contribution in [0.3, 0.4) is 0 Å². The SMILES string of the molecule is COc1ccccc1CCC(=O)N1CCN(S(=O)(=O)C2CCCC2)CC1. The van der Waals surface area contributed by atoms with Gasteiger partial charge in [-0.3, -0.25) is 4.79 Å². The summed E-state index contributed by atoms with van der Waals surface area (Å²) in [7, 11) is -1.57. The number of nitrogens with zero attached hydrogens (tertiary/aromatic N) is 2. The molecular weight excluding hydrogens is 352 g/mol. The van der Waals surface area contributed by atoms with Crippen molar-refractivity contribution in [3.63, 3.8) is 0 Å². The monoisotopic (exact) mass is 380 g/mol. The van der Waals surface area contributed by atoms with E-state index in [-0.39, 0.29) is 11.2 Å². The number of sulfonamides is 1. The number of piperazine rings is 1. The lowest BCUT2D eigenvalue weighted by Gasteiger charge is -2.35. The lowest BCUT2D eigenvalue weighted by molar-refractivity contribution is -0.132. The second-order valence-electron chi connectivity index (χ2n) is 7.04. The van der Waals surface area contributed by atoms with E-state index in [4.69, 9.17) is 4.74 Å². The number of aryl methyl sites for hydroxylation is 1. The third-order valence-electron chi connectivity index (χ3n) is 5.48. The van der Waals surface area contributed by atoms with E-state index in [1.165, 1.54) is 0 Å². The van der Waals surface area contributed by atoms with Gasteiger partial charge in [-0.1, -0.05) is 31.0 Å². The number of rotatable bonds is 6. The van der Waals surface area contributed by atoms with Crippen LogP contribution < -0.4 is 4.74 Å². The summed E-state index contributed by atoms with van der Waals surface area (Å²) in [4.78, 5) is 14.3. The number of ether oxygens (including phenoxy) is 1. The molecule has 0 N–H and O–H groups in total. The Labute approximate surface area is 156 Å². The number of hydrogen-bond donors (Lipinski definition) is 0. The maximum Gasteiger partial charge on any atom is 0.222 e. The first-order chi connectivity index (χ1) is 12.5. The van der Waals surface area contributed by atoms with Gasteiger partial charge in [-0.15, -0.1) is 0 Å². The van der Waals surface area contributed by atoms with E-state index < -0.39 is 10.0 Å². The fourth-order valence-electron chi connectivity index (χ4n) is 3.90. The molecule has 3 rings (SSSR count). The number of methoxy groups -OCH3 is 1. The first-order valence-corrected chi connectivity index (χ1v) is 10.9. The van der Waals surface area contributed by atoms with E-state index in [1.807, 2.05) is 24.3 Å². The second kappa shape index (κ2) is 8.39. The summed E-state index contributed by atoms with van der Waals surface area (Å²) in [6, 6.07) is 7.72. The van der Waals surface area contributed by atoms with E-state index >= 15 is 0 Å². The molecule has 0 atom stereocenters. The highest BCUT2D eigenvalue weighted by atomic mass is 32.2. The first-order valence-electron chi connectivity index (χ1n) is 9.41. The molecule has 1 amide bonds. The molecule has 1 aromatic rings.